The Morgan fingerprint density at radius 3 is 2.11 bits per heavy atom. The summed E-state index contributed by atoms with van der Waals surface area (Å²) in [5, 5.41) is 14.6. The third-order valence-electron chi connectivity index (χ3n) is 7.79. The zero-order valence-electron chi connectivity index (χ0n) is 23.8. The van der Waals surface area contributed by atoms with E-state index in [1.54, 1.807) is 12.3 Å². The molecule has 4 atom stereocenters. The second-order valence-corrected chi connectivity index (χ2v) is 20.5. The average molecular weight is 562 g/mol. The van der Waals surface area contributed by atoms with Gasteiger partial charge in [-0.1, -0.05) is 73.6 Å². The monoisotopic (exact) mass is 561 g/mol. The van der Waals surface area contributed by atoms with Crippen LogP contribution < -0.4 is 11.0 Å². The van der Waals surface area contributed by atoms with E-state index in [0.29, 0.717) is 5.82 Å². The predicted octanol–water partition coefficient (Wildman–Crippen LogP) is 5.20. The van der Waals surface area contributed by atoms with E-state index < -0.39 is 47.4 Å². The summed E-state index contributed by atoms with van der Waals surface area (Å²) in [5.41, 5.74) is 0.938. The lowest BCUT2D eigenvalue weighted by Crippen LogP contribution is -2.65. The first kappa shape index (κ1) is 29.1. The number of hydrogen-bond acceptors (Lipinski definition) is 8. The Kier molecular flexibility index (Phi) is 8.68. The molecule has 0 aliphatic carbocycles. The van der Waals surface area contributed by atoms with Crippen LogP contribution in [0, 0.1) is 0 Å². The van der Waals surface area contributed by atoms with Crippen molar-refractivity contribution in [3.8, 4) is 0 Å². The van der Waals surface area contributed by atoms with Crippen LogP contribution in [0.25, 0.3) is 0 Å². The van der Waals surface area contributed by atoms with Gasteiger partial charge in [0.05, 0.1) is 6.61 Å². The fourth-order valence-corrected chi connectivity index (χ4v) is 16.9. The number of para-hydroxylation sites is 1. The van der Waals surface area contributed by atoms with Crippen LogP contribution in [0.4, 0.5) is 11.5 Å². The zero-order chi connectivity index (χ0) is 27.8. The van der Waals surface area contributed by atoms with Gasteiger partial charge in [0.25, 0.3) is 0 Å². The maximum atomic E-state index is 13.1. The van der Waals surface area contributed by atoms with Crippen molar-refractivity contribution in [2.45, 2.75) is 102 Å². The minimum Gasteiger partial charge on any atom is -0.414 e. The molecule has 2 saturated heterocycles. The summed E-state index contributed by atoms with van der Waals surface area (Å²) in [7, 11) is -5.65. The van der Waals surface area contributed by atoms with Crippen molar-refractivity contribution in [2.75, 3.05) is 11.9 Å². The molecule has 2 aliphatic rings. The molecule has 9 nitrogen and oxygen atoms in total. The van der Waals surface area contributed by atoms with Crippen LogP contribution in [0.2, 0.25) is 22.2 Å². The molecule has 1 unspecified atom stereocenters. The first-order chi connectivity index (χ1) is 17.9. The Hall–Kier alpha value is -1.87. The van der Waals surface area contributed by atoms with Gasteiger partial charge in [0, 0.05) is 11.9 Å². The predicted molar refractivity (Wildman–Crippen MR) is 152 cm³/mol. The van der Waals surface area contributed by atoms with E-state index in [0.717, 1.165) is 5.69 Å². The number of anilines is 2. The van der Waals surface area contributed by atoms with Crippen molar-refractivity contribution in [1.29, 1.82) is 0 Å². The number of aliphatic hydroxyl groups is 1. The molecule has 0 spiro atoms. The Morgan fingerprint density at radius 2 is 1.55 bits per heavy atom. The number of nitrogens with one attached hydrogen (secondary N) is 1. The molecule has 2 N–H and O–H groups in total. The molecule has 38 heavy (non-hydrogen) atoms. The number of rotatable bonds is 7. The molecule has 1 aromatic heterocycles. The summed E-state index contributed by atoms with van der Waals surface area (Å²) in [6, 6.07) is 11.2. The van der Waals surface area contributed by atoms with Gasteiger partial charge in [-0.15, -0.1) is 0 Å². The van der Waals surface area contributed by atoms with E-state index in [1.807, 2.05) is 30.3 Å². The molecule has 210 valence electrons. The third-order valence-corrected chi connectivity index (χ3v) is 18.0. The van der Waals surface area contributed by atoms with Gasteiger partial charge in [-0.25, -0.2) is 4.79 Å². The number of fused-ring (bicyclic) bond motifs is 1. The van der Waals surface area contributed by atoms with Crippen LogP contribution >= 0.6 is 0 Å². The third kappa shape index (κ3) is 5.29. The lowest BCUT2D eigenvalue weighted by molar-refractivity contribution is -0.0600. The topological polar surface area (TPSA) is 104 Å². The van der Waals surface area contributed by atoms with Gasteiger partial charge in [-0.3, -0.25) is 4.57 Å². The number of hydrogen-bond donors (Lipinski definition) is 2. The summed E-state index contributed by atoms with van der Waals surface area (Å²) in [4.78, 5) is 17.2. The number of nitrogens with zero attached hydrogens (tertiary/aromatic N) is 2. The van der Waals surface area contributed by atoms with Crippen molar-refractivity contribution in [3.05, 3.63) is 53.1 Å². The maximum Gasteiger partial charge on any atom is 0.351 e. The molecule has 0 amide bonds. The number of ether oxygens (including phenoxy) is 1. The van der Waals surface area contributed by atoms with Crippen molar-refractivity contribution in [1.82, 2.24) is 9.55 Å². The minimum atomic E-state index is -2.92. The Balaban J connectivity index is 1.67. The molecule has 11 heteroatoms. The van der Waals surface area contributed by atoms with Gasteiger partial charge < -0.3 is 28.1 Å². The molecule has 2 fully saturated rings. The van der Waals surface area contributed by atoms with Gasteiger partial charge in [-0.05, 0) is 40.4 Å². The van der Waals surface area contributed by atoms with Crippen LogP contribution in [-0.4, -0.2) is 56.7 Å². The molecule has 0 saturated carbocycles. The first-order valence-electron chi connectivity index (χ1n) is 13.7. The average Bonchev–Trinajstić information content (AvgIpc) is 3.13. The molecule has 0 bridgehead atoms. The van der Waals surface area contributed by atoms with Crippen molar-refractivity contribution < 1.29 is 22.8 Å². The lowest BCUT2D eigenvalue weighted by Gasteiger charge is -2.51. The Bertz CT molecular complexity index is 1130. The second-order valence-electron chi connectivity index (χ2n) is 11.6. The molecule has 3 heterocycles. The molecule has 1 aromatic carbocycles. The van der Waals surface area contributed by atoms with Crippen LogP contribution in [0.3, 0.4) is 0 Å². The standard InChI is InChI=1S/C27H43N3O6Si2/c1-17(2)37(18(3)4)33-16-22-25(35-38(36-37,19(5)6)20(7)8)24(31)26(34-22)30-15-14-23(29-27(30)32)28-21-12-10-9-11-13-21/h9-15,17-20,22,24-26,31H,16H2,1-8H3,(H,28,29,32)/t22-,24?,25+,26-/m1/s1. The number of benzene rings is 1. The van der Waals surface area contributed by atoms with E-state index in [2.05, 4.69) is 65.7 Å². The molecular formula is C27H43N3O6Si2. The van der Waals surface area contributed by atoms with E-state index >= 15 is 0 Å². The van der Waals surface area contributed by atoms with Crippen molar-refractivity contribution in [2.24, 2.45) is 0 Å². The highest BCUT2D eigenvalue weighted by molar-refractivity contribution is 6.84. The largest absolute Gasteiger partial charge is 0.414 e. The summed E-state index contributed by atoms with van der Waals surface area (Å²) < 4.78 is 28.5. The van der Waals surface area contributed by atoms with Crippen molar-refractivity contribution in [3.63, 3.8) is 0 Å². The molecule has 2 aliphatic heterocycles. The fraction of sp³-hybridized carbons (Fsp3) is 0.630. The molecular weight excluding hydrogens is 518 g/mol. The highest BCUT2D eigenvalue weighted by atomic mass is 28.5. The summed E-state index contributed by atoms with van der Waals surface area (Å²) >= 11 is 0. The van der Waals surface area contributed by atoms with Gasteiger partial charge in [-0.2, -0.15) is 4.98 Å². The van der Waals surface area contributed by atoms with Crippen LogP contribution in [-0.2, 0) is 17.7 Å². The highest BCUT2D eigenvalue weighted by Crippen LogP contribution is 2.48. The maximum absolute atomic E-state index is 13.1. The van der Waals surface area contributed by atoms with E-state index in [1.165, 1.54) is 4.57 Å². The van der Waals surface area contributed by atoms with Crippen LogP contribution in [0.5, 0.6) is 0 Å². The summed E-state index contributed by atoms with van der Waals surface area (Å²) in [6.45, 7) is 17.4. The lowest BCUT2D eigenvalue weighted by atomic mass is 10.1. The normalized spacial score (nSPS) is 27.0. The van der Waals surface area contributed by atoms with Gasteiger partial charge in [0.2, 0.25) is 0 Å². The summed E-state index contributed by atoms with van der Waals surface area (Å²) in [6.07, 6.45) is -1.66. The van der Waals surface area contributed by atoms with E-state index in [-0.39, 0.29) is 28.8 Å². The van der Waals surface area contributed by atoms with Gasteiger partial charge in [0.1, 0.15) is 24.1 Å². The number of aromatic nitrogens is 2. The van der Waals surface area contributed by atoms with E-state index in [4.69, 9.17) is 17.7 Å². The van der Waals surface area contributed by atoms with Gasteiger partial charge in [0.15, 0.2) is 6.23 Å². The highest BCUT2D eigenvalue weighted by Gasteiger charge is 2.61. The molecule has 0 radical (unpaired) electrons. The quantitative estimate of drug-likeness (QED) is 0.445. The van der Waals surface area contributed by atoms with Crippen molar-refractivity contribution >= 4 is 28.6 Å². The fourth-order valence-electron chi connectivity index (χ4n) is 5.71. The van der Waals surface area contributed by atoms with Crippen LogP contribution in [0.15, 0.2) is 47.4 Å². The smallest absolute Gasteiger partial charge is 0.351 e. The Labute approximate surface area is 228 Å². The first-order valence-corrected chi connectivity index (χ1v) is 17.6. The molecule has 4 rings (SSSR count). The number of aliphatic hydroxyl groups excluding tert-OH is 1. The molecule has 2 aromatic rings. The second kappa shape index (κ2) is 11.3. The van der Waals surface area contributed by atoms with Gasteiger partial charge >= 0.3 is 22.8 Å². The Morgan fingerprint density at radius 1 is 0.947 bits per heavy atom. The SMILES string of the molecule is CC(C)[Si]1(C(C)C)OC[C@H]2O[C@@H](n3ccc(Nc4ccccc4)nc3=O)C(O)[C@H]2O[Si](C(C)C)(C(C)C)O1. The zero-order valence-corrected chi connectivity index (χ0v) is 25.8. The van der Waals surface area contributed by atoms with Crippen LogP contribution in [0.1, 0.15) is 61.6 Å². The van der Waals surface area contributed by atoms with E-state index in [9.17, 15) is 9.90 Å². The minimum absolute atomic E-state index is 0.119. The summed E-state index contributed by atoms with van der Waals surface area (Å²) in [5.74, 6) is 0.416.